The van der Waals surface area contributed by atoms with Gasteiger partial charge in [-0.3, -0.25) is 0 Å². The van der Waals surface area contributed by atoms with E-state index in [1.807, 2.05) is 0 Å². The minimum Gasteiger partial charge on any atom is -0.456 e. The van der Waals surface area contributed by atoms with E-state index in [0.29, 0.717) is 11.8 Å². The third kappa shape index (κ3) is 6.16. The molecule has 0 aliphatic carbocycles. The van der Waals surface area contributed by atoms with Crippen molar-refractivity contribution >= 4 is 159 Å². The highest BCUT2D eigenvalue weighted by atomic mass is 16.3. The van der Waals surface area contributed by atoms with Crippen molar-refractivity contribution in [1.82, 2.24) is 0 Å². The fraction of sp³-hybridized carbons (Fsp3) is 0.0833. The normalized spacial score (nSPS) is 14.1. The Balaban J connectivity index is 1.07. The molecule has 80 heavy (non-hydrogen) atoms. The zero-order chi connectivity index (χ0) is 53.1. The first-order chi connectivity index (χ1) is 39.4. The molecule has 12 aromatic rings. The molecule has 0 bridgehead atoms. The van der Waals surface area contributed by atoms with Crippen molar-refractivity contribution in [3.63, 3.8) is 0 Å². The molecule has 0 atom stereocenters. The molecule has 5 nitrogen and oxygen atoms in total. The lowest BCUT2D eigenvalue weighted by molar-refractivity contribution is 0.669. The molecule has 5 aliphatic heterocycles. The van der Waals surface area contributed by atoms with Crippen molar-refractivity contribution in [3.05, 3.63) is 248 Å². The standard InChI is InChI=1S/C72H53B3N4O/c1-44(2)49-30-22-31-50(45(3)4)68(49)74-53-33-16-18-35-58(53)76(46-23-8-5-9-24-46)61-42-62-57(41-56(61)74)75-55-39-40-66-67(51-29-14-21-38-65(51)80-66)71(55)79-60-37-20-17-34-54(60)73-52-32-15-19-36-59(52)77(47-25-10-6-11-26-47)63-43-64(70(75)72(79)69(63)73)78(62)48-27-12-7-13-28-48/h5-45H,1-4H3. The molecule has 6 heterocycles. The molecule has 8 heteroatoms. The number of nitrogens with zero attached hydrogens (tertiary/aromatic N) is 4. The van der Waals surface area contributed by atoms with Crippen molar-refractivity contribution in [1.29, 1.82) is 0 Å². The summed E-state index contributed by atoms with van der Waals surface area (Å²) in [5.74, 6) is 0.618. The van der Waals surface area contributed by atoms with Crippen LogP contribution in [-0.4, -0.2) is 20.1 Å². The smallest absolute Gasteiger partial charge is 0.252 e. The van der Waals surface area contributed by atoms with Gasteiger partial charge in [0.05, 0.1) is 11.1 Å². The van der Waals surface area contributed by atoms with Crippen LogP contribution in [-0.2, 0) is 0 Å². The van der Waals surface area contributed by atoms with Crippen LogP contribution in [0.5, 0.6) is 0 Å². The Morgan fingerprint density at radius 2 is 0.725 bits per heavy atom. The minimum absolute atomic E-state index is 0.0335. The second-order valence-electron chi connectivity index (χ2n) is 23.0. The van der Waals surface area contributed by atoms with Crippen molar-refractivity contribution in [3.8, 4) is 0 Å². The van der Waals surface area contributed by atoms with Crippen LogP contribution in [0, 0.1) is 0 Å². The Labute approximate surface area is 468 Å². The van der Waals surface area contributed by atoms with E-state index >= 15 is 0 Å². The van der Waals surface area contributed by atoms with Gasteiger partial charge in [0.15, 0.2) is 0 Å². The first-order valence-corrected chi connectivity index (χ1v) is 28.5. The van der Waals surface area contributed by atoms with E-state index in [1.165, 1.54) is 111 Å². The summed E-state index contributed by atoms with van der Waals surface area (Å²) < 4.78 is 6.92. The third-order valence-corrected chi connectivity index (χ3v) is 18.2. The topological polar surface area (TPSA) is 26.1 Å². The van der Waals surface area contributed by atoms with Gasteiger partial charge < -0.3 is 24.0 Å². The van der Waals surface area contributed by atoms with Crippen molar-refractivity contribution in [2.45, 2.75) is 39.5 Å². The molecule has 0 spiro atoms. The van der Waals surface area contributed by atoms with Crippen LogP contribution < -0.4 is 68.8 Å². The molecule has 0 unspecified atom stereocenters. The number of hydrogen-bond acceptors (Lipinski definition) is 5. The molecule has 0 radical (unpaired) electrons. The molecule has 0 fully saturated rings. The van der Waals surface area contributed by atoms with E-state index < -0.39 is 0 Å². The predicted molar refractivity (Wildman–Crippen MR) is 341 cm³/mol. The summed E-state index contributed by atoms with van der Waals surface area (Å²) in [5.41, 5.74) is 30.7. The second-order valence-corrected chi connectivity index (χ2v) is 23.0. The Morgan fingerprint density at radius 3 is 1.26 bits per heavy atom. The van der Waals surface area contributed by atoms with Gasteiger partial charge in [-0.1, -0.05) is 191 Å². The lowest BCUT2D eigenvalue weighted by Crippen LogP contribution is -2.69. The van der Waals surface area contributed by atoms with Gasteiger partial charge >= 0.3 is 0 Å². The Kier molecular flexibility index (Phi) is 9.73. The second kappa shape index (κ2) is 17.1. The van der Waals surface area contributed by atoms with Crippen LogP contribution in [0.3, 0.4) is 0 Å². The van der Waals surface area contributed by atoms with E-state index in [-0.39, 0.29) is 20.1 Å². The summed E-state index contributed by atoms with van der Waals surface area (Å²) in [6.45, 7) is 9.23. The van der Waals surface area contributed by atoms with E-state index in [9.17, 15) is 0 Å². The molecule has 0 amide bonds. The van der Waals surface area contributed by atoms with Gasteiger partial charge in [-0.05, 0) is 146 Å². The average molecular weight is 1020 g/mol. The van der Waals surface area contributed by atoms with E-state index in [1.54, 1.807) is 0 Å². The maximum absolute atomic E-state index is 6.92. The summed E-state index contributed by atoms with van der Waals surface area (Å²) in [4.78, 5) is 10.4. The van der Waals surface area contributed by atoms with E-state index in [0.717, 1.165) is 39.0 Å². The average Bonchev–Trinajstić information content (AvgIpc) is 3.94. The SMILES string of the molecule is CC(C)c1cccc(C(C)C)c1B1c2ccccc2N(c2ccccc2)c2cc3c(cc21)B1c2ccc4oc5ccccc5c4c2N2c4ccccc4B4c5ccccc5N(c5ccccc5)c5cc(c1c2c54)N3c1ccccc1. The quantitative estimate of drug-likeness (QED) is 0.155. The summed E-state index contributed by atoms with van der Waals surface area (Å²) in [6.07, 6.45) is 0. The molecule has 376 valence electrons. The number of benzene rings is 11. The van der Waals surface area contributed by atoms with Crippen LogP contribution in [0.2, 0.25) is 0 Å². The first kappa shape index (κ1) is 45.6. The van der Waals surface area contributed by atoms with Gasteiger partial charge in [-0.25, -0.2) is 0 Å². The number of anilines is 12. The molecule has 5 aliphatic rings. The van der Waals surface area contributed by atoms with Gasteiger partial charge in [-0.15, -0.1) is 0 Å². The number of fused-ring (bicyclic) bond motifs is 16. The molecule has 0 N–H and O–H groups in total. The maximum Gasteiger partial charge on any atom is 0.252 e. The van der Waals surface area contributed by atoms with Crippen LogP contribution >= 0.6 is 0 Å². The highest BCUT2D eigenvalue weighted by Gasteiger charge is 2.53. The number of hydrogen-bond donors (Lipinski definition) is 0. The Morgan fingerprint density at radius 1 is 0.300 bits per heavy atom. The minimum atomic E-state index is -0.170. The summed E-state index contributed by atoms with van der Waals surface area (Å²) >= 11 is 0. The first-order valence-electron chi connectivity index (χ1n) is 28.5. The van der Waals surface area contributed by atoms with Gasteiger partial charge in [-0.2, -0.15) is 0 Å². The predicted octanol–water partition coefficient (Wildman–Crippen LogP) is 12.8. The molecule has 0 saturated carbocycles. The van der Waals surface area contributed by atoms with Crippen LogP contribution in [0.15, 0.2) is 241 Å². The zero-order valence-electron chi connectivity index (χ0n) is 45.1. The summed E-state index contributed by atoms with van der Waals surface area (Å²) in [6, 6.07) is 89.1. The number of furan rings is 1. The van der Waals surface area contributed by atoms with Crippen molar-refractivity contribution < 1.29 is 4.42 Å². The van der Waals surface area contributed by atoms with Crippen LogP contribution in [0.25, 0.3) is 21.9 Å². The van der Waals surface area contributed by atoms with E-state index in [4.69, 9.17) is 4.42 Å². The molecule has 11 aromatic carbocycles. The van der Waals surface area contributed by atoms with Gasteiger partial charge in [0.25, 0.3) is 13.4 Å². The largest absolute Gasteiger partial charge is 0.456 e. The van der Waals surface area contributed by atoms with Crippen molar-refractivity contribution in [2.75, 3.05) is 19.6 Å². The van der Waals surface area contributed by atoms with Crippen LogP contribution in [0.1, 0.15) is 50.7 Å². The highest BCUT2D eigenvalue weighted by molar-refractivity contribution is 7.05. The fourth-order valence-electron chi connectivity index (χ4n) is 15.1. The Bertz CT molecular complexity index is 4530. The lowest BCUT2D eigenvalue weighted by atomic mass is 9.28. The monoisotopic (exact) mass is 1020 g/mol. The summed E-state index contributed by atoms with van der Waals surface area (Å²) in [5, 5.41) is 2.27. The zero-order valence-corrected chi connectivity index (χ0v) is 45.1. The highest BCUT2D eigenvalue weighted by Crippen LogP contribution is 2.53. The van der Waals surface area contributed by atoms with Gasteiger partial charge in [0.1, 0.15) is 11.2 Å². The molecule has 1 aromatic heterocycles. The van der Waals surface area contributed by atoms with Crippen molar-refractivity contribution in [2.24, 2.45) is 0 Å². The summed E-state index contributed by atoms with van der Waals surface area (Å²) in [7, 11) is 0. The number of rotatable bonds is 6. The Hall–Kier alpha value is -9.39. The maximum atomic E-state index is 6.92. The van der Waals surface area contributed by atoms with Gasteiger partial charge in [0.2, 0.25) is 6.71 Å². The number of para-hydroxylation sites is 7. The molecule has 0 saturated heterocycles. The molecular formula is C72H53B3N4O. The molecule has 17 rings (SSSR count). The molecular weight excluding hydrogens is 969 g/mol. The van der Waals surface area contributed by atoms with Gasteiger partial charge in [0, 0.05) is 67.9 Å². The third-order valence-electron chi connectivity index (χ3n) is 18.2. The fourth-order valence-corrected chi connectivity index (χ4v) is 15.1. The van der Waals surface area contributed by atoms with Crippen LogP contribution in [0.4, 0.5) is 68.2 Å². The van der Waals surface area contributed by atoms with E-state index in [2.05, 4.69) is 284 Å². The lowest BCUT2D eigenvalue weighted by Gasteiger charge is -2.51.